The Balaban J connectivity index is 1.84. The molecule has 0 radical (unpaired) electrons. The molecule has 24 heavy (non-hydrogen) atoms. The van der Waals surface area contributed by atoms with E-state index in [1.807, 2.05) is 12.1 Å². The van der Waals surface area contributed by atoms with Crippen LogP contribution in [0.3, 0.4) is 0 Å². The van der Waals surface area contributed by atoms with Crippen LogP contribution in [-0.4, -0.2) is 35.9 Å². The molecular weight excluding hydrogens is 385 g/mol. The van der Waals surface area contributed by atoms with Crippen molar-refractivity contribution in [1.82, 2.24) is 14.1 Å². The molecule has 1 aromatic heterocycles. The molecular formula is C19H18ClN3Se. The summed E-state index contributed by atoms with van der Waals surface area (Å²) in [4.78, 5) is 2.47. The summed E-state index contributed by atoms with van der Waals surface area (Å²) in [5.74, 6) is 0.337. The SMILES string of the molecule is C[C@H]1c2nn[se]c2[C@H](c2ccc(Cl)cc2)N(C)[C@@H]1c1ccccc1. The Morgan fingerprint density at radius 3 is 2.42 bits per heavy atom. The van der Waals surface area contributed by atoms with E-state index in [0.717, 1.165) is 5.02 Å². The number of hydrogen-bond donors (Lipinski definition) is 0. The molecule has 0 amide bonds. The molecule has 0 bridgehead atoms. The fourth-order valence-electron chi connectivity index (χ4n) is 3.76. The number of hydrogen-bond acceptors (Lipinski definition) is 3. The predicted octanol–water partition coefficient (Wildman–Crippen LogP) is 4.07. The summed E-state index contributed by atoms with van der Waals surface area (Å²) in [6.07, 6.45) is 0. The van der Waals surface area contributed by atoms with Gasteiger partial charge in [-0.1, -0.05) is 0 Å². The Hall–Kier alpha value is -1.45. The van der Waals surface area contributed by atoms with E-state index >= 15 is 0 Å². The van der Waals surface area contributed by atoms with Crippen LogP contribution in [0.5, 0.6) is 0 Å². The number of rotatable bonds is 2. The van der Waals surface area contributed by atoms with E-state index in [0.29, 0.717) is 12.0 Å². The van der Waals surface area contributed by atoms with Crippen molar-refractivity contribution in [2.45, 2.75) is 24.9 Å². The molecule has 5 heteroatoms. The van der Waals surface area contributed by atoms with Crippen LogP contribution in [0.15, 0.2) is 54.6 Å². The number of nitrogens with zero attached hydrogens (tertiary/aromatic N) is 3. The third kappa shape index (κ3) is 2.64. The normalized spacial score (nSPS) is 23.9. The van der Waals surface area contributed by atoms with Gasteiger partial charge < -0.3 is 0 Å². The number of likely N-dealkylation sites (N-methyl/N-ethyl adjacent to an activating group) is 1. The summed E-state index contributed by atoms with van der Waals surface area (Å²) in [7, 11) is 2.21. The predicted molar refractivity (Wildman–Crippen MR) is 97.6 cm³/mol. The Bertz CT molecular complexity index is 831. The van der Waals surface area contributed by atoms with Gasteiger partial charge in [0.2, 0.25) is 0 Å². The molecule has 0 unspecified atom stereocenters. The Kier molecular flexibility index (Phi) is 4.31. The standard InChI is InChI=1S/C19H18ClN3Se/c1-12-16-19(24-22-21-16)18(14-8-10-15(20)11-9-14)23(2)17(12)13-6-4-3-5-7-13/h3-12,17-18H,1-2H3/t12-,17-,18-/m0/s1. The van der Waals surface area contributed by atoms with Crippen LogP contribution in [0.4, 0.5) is 0 Å². The fraction of sp³-hybridized carbons (Fsp3) is 0.263. The van der Waals surface area contributed by atoms with Crippen LogP contribution in [0, 0.1) is 0 Å². The van der Waals surface area contributed by atoms with Crippen LogP contribution in [0.25, 0.3) is 0 Å². The van der Waals surface area contributed by atoms with E-state index in [1.54, 1.807) is 0 Å². The first-order valence-electron chi connectivity index (χ1n) is 8.01. The van der Waals surface area contributed by atoms with Crippen molar-refractivity contribution in [3.63, 3.8) is 0 Å². The zero-order chi connectivity index (χ0) is 16.7. The zero-order valence-corrected chi connectivity index (χ0v) is 16.0. The maximum atomic E-state index is 6.09. The van der Waals surface area contributed by atoms with Gasteiger partial charge in [-0.05, 0) is 0 Å². The van der Waals surface area contributed by atoms with Gasteiger partial charge in [-0.3, -0.25) is 0 Å². The monoisotopic (exact) mass is 403 g/mol. The summed E-state index contributed by atoms with van der Waals surface area (Å²) >= 11 is 6.17. The van der Waals surface area contributed by atoms with Gasteiger partial charge in [0.15, 0.2) is 0 Å². The first-order chi connectivity index (χ1) is 11.7. The molecule has 1 aliphatic heterocycles. The van der Waals surface area contributed by atoms with E-state index < -0.39 is 0 Å². The average molecular weight is 403 g/mol. The van der Waals surface area contributed by atoms with Crippen molar-refractivity contribution in [2.75, 3.05) is 7.05 Å². The van der Waals surface area contributed by atoms with Gasteiger partial charge in [0.1, 0.15) is 0 Å². The third-order valence-corrected chi connectivity index (χ3v) is 6.78. The summed E-state index contributed by atoms with van der Waals surface area (Å²) in [6, 6.07) is 19.4. The van der Waals surface area contributed by atoms with Gasteiger partial charge in [0.05, 0.1) is 0 Å². The summed E-state index contributed by atoms with van der Waals surface area (Å²) in [5.41, 5.74) is 3.77. The molecule has 3 nitrogen and oxygen atoms in total. The molecule has 0 spiro atoms. The molecule has 0 N–H and O–H groups in total. The van der Waals surface area contributed by atoms with Gasteiger partial charge in [-0.25, -0.2) is 0 Å². The molecule has 4 rings (SSSR count). The van der Waals surface area contributed by atoms with Crippen LogP contribution in [-0.2, 0) is 0 Å². The molecule has 0 fully saturated rings. The second kappa shape index (κ2) is 6.45. The first kappa shape index (κ1) is 16.0. The molecule has 0 saturated heterocycles. The third-order valence-electron chi connectivity index (χ3n) is 4.87. The van der Waals surface area contributed by atoms with E-state index in [1.165, 1.54) is 21.3 Å². The fourth-order valence-corrected chi connectivity index (χ4v) is 5.86. The van der Waals surface area contributed by atoms with E-state index in [4.69, 9.17) is 11.6 Å². The number of aromatic nitrogens is 2. The van der Waals surface area contributed by atoms with Gasteiger partial charge in [0.25, 0.3) is 0 Å². The van der Waals surface area contributed by atoms with Crippen LogP contribution in [0.1, 0.15) is 46.2 Å². The van der Waals surface area contributed by atoms with Crippen molar-refractivity contribution in [3.05, 3.63) is 80.9 Å². The maximum absolute atomic E-state index is 6.09. The molecule has 3 atom stereocenters. The van der Waals surface area contributed by atoms with E-state index in [-0.39, 0.29) is 20.8 Å². The minimum absolute atomic E-state index is 0.0871. The van der Waals surface area contributed by atoms with Crippen LogP contribution >= 0.6 is 11.6 Å². The van der Waals surface area contributed by atoms with Gasteiger partial charge in [-0.15, -0.1) is 0 Å². The summed E-state index contributed by atoms with van der Waals surface area (Å²) < 4.78 is 5.78. The van der Waals surface area contributed by atoms with Crippen LogP contribution < -0.4 is 0 Å². The molecule has 0 aliphatic carbocycles. The van der Waals surface area contributed by atoms with Gasteiger partial charge >= 0.3 is 153 Å². The minimum atomic E-state index is 0.0871. The second-order valence-corrected chi connectivity index (χ2v) is 8.37. The van der Waals surface area contributed by atoms with Crippen molar-refractivity contribution in [3.8, 4) is 0 Å². The van der Waals surface area contributed by atoms with Crippen LogP contribution in [0.2, 0.25) is 5.02 Å². The summed E-state index contributed by atoms with van der Waals surface area (Å²) in [6.45, 7) is 2.27. The van der Waals surface area contributed by atoms with Crippen molar-refractivity contribution < 1.29 is 0 Å². The molecule has 2 heterocycles. The van der Waals surface area contributed by atoms with Crippen molar-refractivity contribution in [2.24, 2.45) is 0 Å². The number of fused-ring (bicyclic) bond motifs is 1. The average Bonchev–Trinajstić information content (AvgIpc) is 3.07. The number of benzene rings is 2. The Morgan fingerprint density at radius 2 is 1.71 bits per heavy atom. The molecule has 0 saturated carbocycles. The van der Waals surface area contributed by atoms with E-state index in [2.05, 4.69) is 70.5 Å². The summed E-state index contributed by atoms with van der Waals surface area (Å²) in [5, 5.41) is 5.29. The second-order valence-electron chi connectivity index (χ2n) is 6.29. The molecule has 122 valence electrons. The first-order valence-corrected chi connectivity index (χ1v) is 10.0. The zero-order valence-electron chi connectivity index (χ0n) is 13.6. The molecule has 3 aromatic rings. The van der Waals surface area contributed by atoms with Crippen molar-refractivity contribution >= 4 is 26.3 Å². The number of halogens is 1. The molecule has 2 aromatic carbocycles. The van der Waals surface area contributed by atoms with Gasteiger partial charge in [-0.2, -0.15) is 0 Å². The quantitative estimate of drug-likeness (QED) is 0.605. The van der Waals surface area contributed by atoms with Crippen molar-refractivity contribution in [1.29, 1.82) is 0 Å². The van der Waals surface area contributed by atoms with Gasteiger partial charge in [0, 0.05) is 0 Å². The Morgan fingerprint density at radius 1 is 1.00 bits per heavy atom. The Labute approximate surface area is 153 Å². The topological polar surface area (TPSA) is 29.0 Å². The molecule has 1 aliphatic rings. The van der Waals surface area contributed by atoms with E-state index in [9.17, 15) is 0 Å².